The molecule has 0 radical (unpaired) electrons. The minimum atomic E-state index is -0.438. The first kappa shape index (κ1) is 15.7. The number of rotatable bonds is 3. The van der Waals surface area contributed by atoms with E-state index in [1.807, 2.05) is 33.8 Å². The first-order valence-electron chi connectivity index (χ1n) is 6.77. The molecule has 1 aromatic heterocycles. The molecule has 0 saturated carbocycles. The van der Waals surface area contributed by atoms with Gasteiger partial charge < -0.3 is 15.0 Å². The highest BCUT2D eigenvalue weighted by atomic mass is 16.7. The molecule has 1 aromatic rings. The number of nitrogens with two attached hydrogens (primary N) is 2. The van der Waals surface area contributed by atoms with Gasteiger partial charge in [0.25, 0.3) is 0 Å². The zero-order valence-electron chi connectivity index (χ0n) is 13.1. The van der Waals surface area contributed by atoms with Crippen molar-refractivity contribution in [1.82, 2.24) is 10.1 Å². The highest BCUT2D eigenvalue weighted by molar-refractivity contribution is 6.62. The summed E-state index contributed by atoms with van der Waals surface area (Å²) in [5.74, 6) is 5.67. The summed E-state index contributed by atoms with van der Waals surface area (Å²) in [6, 6.07) is 3.63. The van der Waals surface area contributed by atoms with Crippen LogP contribution in [-0.2, 0) is 9.31 Å². The fourth-order valence-corrected chi connectivity index (χ4v) is 1.90. The van der Waals surface area contributed by atoms with Crippen LogP contribution in [0.5, 0.6) is 0 Å². The molecule has 21 heavy (non-hydrogen) atoms. The maximum atomic E-state index is 5.96. The number of pyridine rings is 1. The van der Waals surface area contributed by atoms with Crippen LogP contribution in [0.25, 0.3) is 0 Å². The van der Waals surface area contributed by atoms with Crippen LogP contribution in [-0.4, -0.2) is 41.3 Å². The molecule has 1 fully saturated rings. The van der Waals surface area contributed by atoms with Crippen LogP contribution in [0, 0.1) is 0 Å². The van der Waals surface area contributed by atoms with Crippen molar-refractivity contribution >= 4 is 18.4 Å². The number of hydrogen-bond donors (Lipinski definition) is 2. The average molecular weight is 291 g/mol. The Morgan fingerprint density at radius 3 is 2.24 bits per heavy atom. The summed E-state index contributed by atoms with van der Waals surface area (Å²) >= 11 is 0. The summed E-state index contributed by atoms with van der Waals surface area (Å²) in [7, 11) is 1.15. The van der Waals surface area contributed by atoms with Crippen LogP contribution >= 0.6 is 0 Å². The molecule has 0 atom stereocenters. The molecule has 1 aliphatic rings. The van der Waals surface area contributed by atoms with Crippen molar-refractivity contribution in [3.63, 3.8) is 0 Å². The lowest BCUT2D eigenvalue weighted by Gasteiger charge is -2.32. The molecule has 0 unspecified atom stereocenters. The van der Waals surface area contributed by atoms with Crippen LogP contribution in [0.2, 0.25) is 0 Å². The van der Waals surface area contributed by atoms with E-state index in [2.05, 4.69) is 10.1 Å². The van der Waals surface area contributed by atoms with Gasteiger partial charge in [0.1, 0.15) is 5.69 Å². The lowest BCUT2D eigenvalue weighted by molar-refractivity contribution is 0.00578. The van der Waals surface area contributed by atoms with E-state index in [0.29, 0.717) is 5.69 Å². The van der Waals surface area contributed by atoms with Gasteiger partial charge in [0.05, 0.1) is 11.2 Å². The Kier molecular flexibility index (Phi) is 3.96. The Morgan fingerprint density at radius 1 is 1.24 bits per heavy atom. The quantitative estimate of drug-likeness (QED) is 0.263. The minimum Gasteiger partial charge on any atom is -0.399 e. The second kappa shape index (κ2) is 5.29. The highest BCUT2D eigenvalue weighted by Gasteiger charge is 2.51. The number of nitrogens with zero attached hydrogens (tertiary/aromatic N) is 3. The number of hydrazone groups is 1. The van der Waals surface area contributed by atoms with Crippen molar-refractivity contribution < 1.29 is 9.31 Å². The summed E-state index contributed by atoms with van der Waals surface area (Å²) < 4.78 is 11.9. The van der Waals surface area contributed by atoms with E-state index in [-0.39, 0.29) is 17.0 Å². The van der Waals surface area contributed by atoms with E-state index < -0.39 is 7.12 Å². The Balaban J connectivity index is 2.18. The maximum Gasteiger partial charge on any atom is 0.496 e. The van der Waals surface area contributed by atoms with Gasteiger partial charge in [-0.15, -0.1) is 5.10 Å². The lowest BCUT2D eigenvalue weighted by atomic mass is 9.80. The second-order valence-electron chi connectivity index (χ2n) is 6.12. The SMILES string of the molecule is CN(N)/N=C(\N)c1ccc(B2OC(C)(C)C(C)(C)O2)cn1. The van der Waals surface area contributed by atoms with Crippen LogP contribution in [0.1, 0.15) is 33.4 Å². The van der Waals surface area contributed by atoms with Gasteiger partial charge in [0.2, 0.25) is 0 Å². The van der Waals surface area contributed by atoms with E-state index in [9.17, 15) is 0 Å². The third-order valence-electron chi connectivity index (χ3n) is 3.84. The van der Waals surface area contributed by atoms with Gasteiger partial charge >= 0.3 is 7.12 Å². The van der Waals surface area contributed by atoms with E-state index in [1.165, 1.54) is 0 Å². The number of amidine groups is 1. The molecule has 1 aliphatic heterocycles. The van der Waals surface area contributed by atoms with Crippen molar-refractivity contribution in [2.24, 2.45) is 16.7 Å². The first-order valence-corrected chi connectivity index (χ1v) is 6.77. The smallest absolute Gasteiger partial charge is 0.399 e. The number of hydrogen-bond acceptors (Lipinski definition) is 6. The summed E-state index contributed by atoms with van der Waals surface area (Å²) in [5, 5.41) is 5.04. The van der Waals surface area contributed by atoms with Crippen molar-refractivity contribution in [2.45, 2.75) is 38.9 Å². The Labute approximate surface area is 125 Å². The van der Waals surface area contributed by atoms with Crippen LogP contribution in [0.4, 0.5) is 0 Å². The van der Waals surface area contributed by atoms with E-state index in [0.717, 1.165) is 10.6 Å². The largest absolute Gasteiger partial charge is 0.496 e. The molecular weight excluding hydrogens is 269 g/mol. The van der Waals surface area contributed by atoms with Crippen molar-refractivity contribution in [3.8, 4) is 0 Å². The highest BCUT2D eigenvalue weighted by Crippen LogP contribution is 2.36. The third-order valence-corrected chi connectivity index (χ3v) is 3.84. The van der Waals surface area contributed by atoms with Crippen molar-refractivity contribution in [1.29, 1.82) is 0 Å². The van der Waals surface area contributed by atoms with E-state index in [1.54, 1.807) is 19.3 Å². The second-order valence-corrected chi connectivity index (χ2v) is 6.12. The molecule has 0 bridgehead atoms. The summed E-state index contributed by atoms with van der Waals surface area (Å²) in [6.07, 6.45) is 1.68. The summed E-state index contributed by atoms with van der Waals surface area (Å²) in [5.41, 5.74) is 6.42. The number of hydrazine groups is 1. The molecule has 0 aromatic carbocycles. The normalized spacial score (nSPS) is 20.7. The standard InChI is InChI=1S/C13H22BN5O2/c1-12(2)13(3,4)21-14(20-12)9-6-7-10(17-8-9)11(15)18-19(5)16/h6-8H,16H2,1-5H3,(H2,15,18). The number of aromatic nitrogens is 1. The van der Waals surface area contributed by atoms with Gasteiger partial charge in [-0.05, 0) is 33.8 Å². The predicted molar refractivity (Wildman–Crippen MR) is 82.6 cm³/mol. The molecule has 4 N–H and O–H groups in total. The van der Waals surface area contributed by atoms with Gasteiger partial charge in [-0.3, -0.25) is 4.98 Å². The Morgan fingerprint density at radius 2 is 1.81 bits per heavy atom. The van der Waals surface area contributed by atoms with Gasteiger partial charge in [0, 0.05) is 18.7 Å². The molecule has 0 amide bonds. The van der Waals surface area contributed by atoms with Crippen molar-refractivity contribution in [3.05, 3.63) is 24.0 Å². The Bertz CT molecular complexity index is 526. The predicted octanol–water partition coefficient (Wildman–Crippen LogP) is -0.193. The van der Waals surface area contributed by atoms with Crippen LogP contribution in [0.15, 0.2) is 23.4 Å². The molecule has 1 saturated heterocycles. The Hall–Kier alpha value is -1.64. The molecule has 2 heterocycles. The van der Waals surface area contributed by atoms with Crippen LogP contribution in [0.3, 0.4) is 0 Å². The zero-order valence-corrected chi connectivity index (χ0v) is 13.1. The van der Waals surface area contributed by atoms with E-state index in [4.69, 9.17) is 20.9 Å². The molecular formula is C13H22BN5O2. The average Bonchev–Trinajstić information content (AvgIpc) is 2.58. The van der Waals surface area contributed by atoms with E-state index >= 15 is 0 Å². The van der Waals surface area contributed by atoms with Crippen molar-refractivity contribution in [2.75, 3.05) is 7.05 Å². The molecule has 0 spiro atoms. The molecule has 2 rings (SSSR count). The fourth-order valence-electron chi connectivity index (χ4n) is 1.90. The topological polar surface area (TPSA) is 99.0 Å². The monoisotopic (exact) mass is 291 g/mol. The summed E-state index contributed by atoms with van der Waals surface area (Å²) in [4.78, 5) is 4.27. The first-order chi connectivity index (χ1) is 9.62. The molecule has 7 nitrogen and oxygen atoms in total. The zero-order chi connectivity index (χ0) is 15.8. The maximum absolute atomic E-state index is 5.96. The minimum absolute atomic E-state index is 0.250. The van der Waals surface area contributed by atoms with Gasteiger partial charge in [-0.25, -0.2) is 11.0 Å². The molecule has 114 valence electrons. The summed E-state index contributed by atoms with van der Waals surface area (Å²) in [6.45, 7) is 8.04. The fraction of sp³-hybridized carbons (Fsp3) is 0.538. The van der Waals surface area contributed by atoms with Gasteiger partial charge in [0.15, 0.2) is 5.84 Å². The third kappa shape index (κ3) is 3.17. The molecule has 8 heteroatoms. The van der Waals surface area contributed by atoms with Crippen LogP contribution < -0.4 is 17.0 Å². The molecule has 0 aliphatic carbocycles. The van der Waals surface area contributed by atoms with Gasteiger partial charge in [-0.2, -0.15) is 0 Å². The lowest BCUT2D eigenvalue weighted by Crippen LogP contribution is -2.41. The van der Waals surface area contributed by atoms with Gasteiger partial charge in [-0.1, -0.05) is 6.07 Å².